The average Bonchev–Trinajstić information content (AvgIpc) is 4.16. The summed E-state index contributed by atoms with van der Waals surface area (Å²) in [6.07, 6.45) is 1.90. The molecule has 0 aliphatic heterocycles. The molecule has 0 unspecified atom stereocenters. The Hall–Kier alpha value is -8.85. The predicted molar refractivity (Wildman–Crippen MR) is 287 cm³/mol. The fourth-order valence-corrected chi connectivity index (χ4v) is 13.9. The number of nitrogens with zero attached hydrogens (tertiary/aromatic N) is 5. The molecule has 0 saturated heterocycles. The molecule has 0 fully saturated rings. The molecule has 5 nitrogen and oxygen atoms in total. The highest BCUT2D eigenvalue weighted by molar-refractivity contribution is 7.27. The second-order valence-electron chi connectivity index (χ2n) is 17.5. The minimum Gasteiger partial charge on any atom is -0.318 e. The van der Waals surface area contributed by atoms with Crippen molar-refractivity contribution < 1.29 is 0 Å². The van der Waals surface area contributed by atoms with Gasteiger partial charge in [0.2, 0.25) is 5.69 Å². The second-order valence-corrected chi connectivity index (χ2v) is 19.6. The molecule has 15 aromatic rings. The van der Waals surface area contributed by atoms with Gasteiger partial charge in [-0.25, -0.2) is 4.85 Å². The Bertz CT molecular complexity index is 4660. The van der Waals surface area contributed by atoms with Gasteiger partial charge in [-0.15, -0.1) is 22.7 Å². The first-order valence-corrected chi connectivity index (χ1v) is 24.2. The molecule has 0 bridgehead atoms. The van der Waals surface area contributed by atoms with Gasteiger partial charge in [-0.2, -0.15) is 5.26 Å². The smallest absolute Gasteiger partial charge is 0.220 e. The summed E-state index contributed by atoms with van der Waals surface area (Å²) in [5.41, 5.74) is 10.3. The third kappa shape index (κ3) is 4.78. The van der Waals surface area contributed by atoms with E-state index in [9.17, 15) is 11.8 Å². The van der Waals surface area contributed by atoms with Crippen molar-refractivity contribution in [3.05, 3.63) is 205 Å². The number of pyridine rings is 1. The Morgan fingerprint density at radius 1 is 0.456 bits per heavy atom. The molecule has 10 aromatic carbocycles. The summed E-state index contributed by atoms with van der Waals surface area (Å²) in [6, 6.07) is 66.9. The van der Waals surface area contributed by atoms with Crippen molar-refractivity contribution in [3.8, 4) is 39.7 Å². The van der Waals surface area contributed by atoms with Gasteiger partial charge < -0.3 is 9.13 Å². The molecule has 5 aromatic heterocycles. The molecule has 0 amide bonds. The molecule has 312 valence electrons. The highest BCUT2D eigenvalue weighted by Gasteiger charge is 2.33. The number of fused-ring (bicyclic) bond motifs is 14. The fraction of sp³-hybridized carbons (Fsp3) is 0. The highest BCUT2D eigenvalue weighted by Crippen LogP contribution is 2.55. The molecule has 0 atom stereocenters. The van der Waals surface area contributed by atoms with Crippen LogP contribution >= 0.6 is 22.7 Å². The topological polar surface area (TPSA) is 50.9 Å². The van der Waals surface area contributed by atoms with Crippen molar-refractivity contribution in [3.63, 3.8) is 0 Å². The zero-order valence-corrected chi connectivity index (χ0v) is 37.6. The highest BCUT2D eigenvalue weighted by atomic mass is 32.1. The van der Waals surface area contributed by atoms with E-state index >= 15 is 0 Å². The lowest BCUT2D eigenvalue weighted by atomic mass is 9.88. The Labute approximate surface area is 396 Å². The van der Waals surface area contributed by atoms with Crippen molar-refractivity contribution in [1.82, 2.24) is 14.1 Å². The van der Waals surface area contributed by atoms with Crippen LogP contribution in [0.2, 0.25) is 0 Å². The van der Waals surface area contributed by atoms with Crippen molar-refractivity contribution in [2.75, 3.05) is 0 Å². The third-order valence-corrected chi connectivity index (χ3v) is 16.5. The molecule has 15 rings (SSSR count). The minimum absolute atomic E-state index is 0.411. The number of aromatic nitrogens is 3. The normalized spacial score (nSPS) is 12.1. The van der Waals surface area contributed by atoms with Crippen molar-refractivity contribution in [2.45, 2.75) is 0 Å². The van der Waals surface area contributed by atoms with Gasteiger partial charge in [-0.3, -0.25) is 4.98 Å². The van der Waals surface area contributed by atoms with Crippen molar-refractivity contribution in [2.24, 2.45) is 0 Å². The monoisotopic (exact) mass is 897 g/mol. The van der Waals surface area contributed by atoms with Crippen LogP contribution in [0.5, 0.6) is 0 Å². The Balaban J connectivity index is 1.25. The molecule has 68 heavy (non-hydrogen) atoms. The minimum atomic E-state index is 0.411. The van der Waals surface area contributed by atoms with E-state index in [-0.39, 0.29) is 0 Å². The van der Waals surface area contributed by atoms with Crippen LogP contribution in [0.15, 0.2) is 188 Å². The maximum atomic E-state index is 12.1. The summed E-state index contributed by atoms with van der Waals surface area (Å²) in [4.78, 5) is 9.64. The maximum absolute atomic E-state index is 12.1. The van der Waals surface area contributed by atoms with Crippen LogP contribution in [0.4, 0.5) is 5.69 Å². The predicted octanol–water partition coefficient (Wildman–Crippen LogP) is 17.5. The fourth-order valence-electron chi connectivity index (χ4n) is 11.5. The van der Waals surface area contributed by atoms with Crippen LogP contribution in [0.3, 0.4) is 0 Å². The second kappa shape index (κ2) is 13.8. The van der Waals surface area contributed by atoms with Gasteiger partial charge in [0.1, 0.15) is 6.07 Å². The largest absolute Gasteiger partial charge is 0.318 e. The molecule has 0 saturated carbocycles. The van der Waals surface area contributed by atoms with E-state index in [0.717, 1.165) is 98.1 Å². The van der Waals surface area contributed by atoms with Gasteiger partial charge in [-0.05, 0) is 58.3 Å². The van der Waals surface area contributed by atoms with E-state index < -0.39 is 0 Å². The quantitative estimate of drug-likeness (QED) is 0.131. The van der Waals surface area contributed by atoms with Gasteiger partial charge in [0.05, 0.1) is 55.8 Å². The van der Waals surface area contributed by atoms with Gasteiger partial charge >= 0.3 is 0 Å². The van der Waals surface area contributed by atoms with E-state index in [0.29, 0.717) is 16.8 Å². The van der Waals surface area contributed by atoms with Gasteiger partial charge in [0.25, 0.3) is 0 Å². The van der Waals surface area contributed by atoms with E-state index in [1.165, 1.54) is 35.6 Å². The summed E-state index contributed by atoms with van der Waals surface area (Å²) in [5, 5.41) is 24.6. The van der Waals surface area contributed by atoms with Gasteiger partial charge in [0.15, 0.2) is 0 Å². The lowest BCUT2D eigenvalue weighted by Crippen LogP contribution is -2.08. The Morgan fingerprint density at radius 2 is 1.07 bits per heavy atom. The Kier molecular flexibility index (Phi) is 7.61. The van der Waals surface area contributed by atoms with E-state index in [1.54, 1.807) is 11.3 Å². The molecule has 0 aliphatic rings. The van der Waals surface area contributed by atoms with Gasteiger partial charge in [0, 0.05) is 79.9 Å². The molecular weight excluding hydrogens is 867 g/mol. The first kappa shape index (κ1) is 37.4. The van der Waals surface area contributed by atoms with Crippen LogP contribution < -0.4 is 0 Å². The number of hydrogen-bond donors (Lipinski definition) is 0. The van der Waals surface area contributed by atoms with Gasteiger partial charge in [-0.1, -0.05) is 146 Å². The maximum Gasteiger partial charge on any atom is 0.220 e. The van der Waals surface area contributed by atoms with Crippen molar-refractivity contribution in [1.29, 1.82) is 5.26 Å². The van der Waals surface area contributed by atoms with Crippen LogP contribution in [-0.2, 0) is 0 Å². The lowest BCUT2D eigenvalue weighted by Gasteiger charge is -2.25. The summed E-state index contributed by atoms with van der Waals surface area (Å²) in [7, 11) is 0. The summed E-state index contributed by atoms with van der Waals surface area (Å²) >= 11 is 3.61. The average molecular weight is 898 g/mol. The number of rotatable bonds is 4. The zero-order valence-electron chi connectivity index (χ0n) is 36.0. The summed E-state index contributed by atoms with van der Waals surface area (Å²) in [6.45, 7) is 9.34. The molecule has 5 heterocycles. The zero-order chi connectivity index (χ0) is 44.8. The standard InChI is InChI=1S/C61H31N5S2/c1-63-57-50(34-15-4-2-5-16-34)43(33-62)58(51(35-17-6-3-7-18-35)60(57)65-44-24-14-23-38-36-19-8-9-21-39(36)56-55(52(38)44)46(65)31-32-64-56)66-45-29-30-49-54(41-22-11-13-26-48(41)67-49)53(45)42-28-27-40-37-20-10-12-25-47(37)68-61(40)59(42)66/h2-32H. The first-order valence-electron chi connectivity index (χ1n) is 22.6. The number of hydrogen-bond acceptors (Lipinski definition) is 4. The Morgan fingerprint density at radius 3 is 1.84 bits per heavy atom. The lowest BCUT2D eigenvalue weighted by molar-refractivity contribution is 1.14. The number of nitriles is 1. The molecule has 0 spiro atoms. The summed E-state index contributed by atoms with van der Waals surface area (Å²) in [5.74, 6) is 0. The van der Waals surface area contributed by atoms with E-state index in [4.69, 9.17) is 4.98 Å². The van der Waals surface area contributed by atoms with Crippen LogP contribution in [-0.4, -0.2) is 14.1 Å². The molecule has 7 heteroatoms. The SMILES string of the molecule is [C-]#[N+]c1c(-c2ccccc2)c(C#N)c(-n2c3ccc4sc5ccccc5c4c3c3ccc4c5ccccc5sc4c32)c(-c2ccccc2)c1-n1c2cccc3c4ccccc4c4nccc1c4c32. The number of thiophene rings is 2. The summed E-state index contributed by atoms with van der Waals surface area (Å²) < 4.78 is 9.51. The van der Waals surface area contributed by atoms with Crippen molar-refractivity contribution >= 4 is 134 Å². The molecular formula is C61H31N5S2. The van der Waals surface area contributed by atoms with Crippen LogP contribution in [0.1, 0.15) is 5.56 Å². The van der Waals surface area contributed by atoms with E-state index in [2.05, 4.69) is 166 Å². The van der Waals surface area contributed by atoms with E-state index in [1.807, 2.05) is 53.9 Å². The van der Waals surface area contributed by atoms with Crippen LogP contribution in [0, 0.1) is 17.9 Å². The molecule has 0 aliphatic carbocycles. The third-order valence-electron chi connectivity index (χ3n) is 14.2. The first-order chi connectivity index (χ1) is 33.7. The molecule has 0 radical (unpaired) electrons. The van der Waals surface area contributed by atoms with Crippen LogP contribution in [0.25, 0.3) is 144 Å². The molecule has 0 N–H and O–H groups in total. The number of benzene rings is 10.